The lowest BCUT2D eigenvalue weighted by Gasteiger charge is -2.13. The molecule has 35 heavy (non-hydrogen) atoms. The average molecular weight is 678 g/mol. The molecule has 2 heterocycles. The number of hydrogen-bond acceptors (Lipinski definition) is 8. The summed E-state index contributed by atoms with van der Waals surface area (Å²) in [5.41, 5.74) is 5.53. The number of halogens is 5. The summed E-state index contributed by atoms with van der Waals surface area (Å²) in [6.07, 6.45) is 13.5. The number of nitrogens with two attached hydrogens (primary N) is 1. The number of nitrogens with one attached hydrogen (secondary N) is 1. The number of esters is 1. The molecule has 196 valence electrons. The van der Waals surface area contributed by atoms with Crippen molar-refractivity contribution in [1.29, 1.82) is 0 Å². The second-order valence-electron chi connectivity index (χ2n) is 7.71. The Morgan fingerprint density at radius 3 is 1.91 bits per heavy atom. The molecule has 0 unspecified atom stereocenters. The van der Waals surface area contributed by atoms with E-state index in [1.807, 2.05) is 0 Å². The number of rotatable bonds is 3. The highest BCUT2D eigenvalue weighted by molar-refractivity contribution is 9.11. The first kappa shape index (κ1) is 32.2. The Balaban J connectivity index is 0.000000252. The van der Waals surface area contributed by atoms with E-state index in [1.54, 1.807) is 13.1 Å². The van der Waals surface area contributed by atoms with Crippen molar-refractivity contribution in [2.24, 2.45) is 5.73 Å². The van der Waals surface area contributed by atoms with Crippen molar-refractivity contribution >= 4 is 78.4 Å². The molecule has 2 saturated carbocycles. The number of anilines is 1. The van der Waals surface area contributed by atoms with Gasteiger partial charge in [0.1, 0.15) is 11.0 Å². The number of ether oxygens (including phenoxy) is 1. The minimum Gasteiger partial charge on any atom is -0.466 e. The molecule has 2 aromatic rings. The number of carbonyl (C=O) groups is 1. The van der Waals surface area contributed by atoms with Crippen LogP contribution < -0.4 is 11.1 Å². The van der Waals surface area contributed by atoms with Crippen LogP contribution in [-0.4, -0.2) is 44.6 Å². The Labute approximate surface area is 238 Å². The van der Waals surface area contributed by atoms with Crippen LogP contribution in [0.1, 0.15) is 65.2 Å². The smallest absolute Gasteiger partial charge is 0.302 e. The van der Waals surface area contributed by atoms with Crippen molar-refractivity contribution in [3.63, 3.8) is 0 Å². The van der Waals surface area contributed by atoms with Gasteiger partial charge >= 0.3 is 5.97 Å². The average Bonchev–Trinajstić information content (AvgIpc) is 3.49. The van der Waals surface area contributed by atoms with Crippen molar-refractivity contribution in [2.45, 2.75) is 77.3 Å². The van der Waals surface area contributed by atoms with Gasteiger partial charge in [-0.3, -0.25) is 4.79 Å². The quantitative estimate of drug-likeness (QED) is 0.198. The molecule has 8 nitrogen and oxygen atoms in total. The summed E-state index contributed by atoms with van der Waals surface area (Å²) >= 11 is 23.1. The Hall–Kier alpha value is -0.780. The first-order valence-corrected chi connectivity index (χ1v) is 14.0. The summed E-state index contributed by atoms with van der Waals surface area (Å²) < 4.78 is 5.92. The predicted molar refractivity (Wildman–Crippen MR) is 149 cm³/mol. The molecule has 2 fully saturated rings. The van der Waals surface area contributed by atoms with Crippen LogP contribution in [0.3, 0.4) is 0 Å². The van der Waals surface area contributed by atoms with Gasteiger partial charge in [-0.2, -0.15) is 4.98 Å². The van der Waals surface area contributed by atoms with Gasteiger partial charge in [-0.1, -0.05) is 37.3 Å². The van der Waals surface area contributed by atoms with Crippen LogP contribution in [0.2, 0.25) is 15.7 Å². The first-order chi connectivity index (χ1) is 16.6. The second-order valence-corrected chi connectivity index (χ2v) is 10.5. The molecule has 0 radical (unpaired) electrons. The maximum Gasteiger partial charge on any atom is 0.302 e. The van der Waals surface area contributed by atoms with Crippen molar-refractivity contribution in [1.82, 2.24) is 19.9 Å². The van der Waals surface area contributed by atoms with Gasteiger partial charge in [-0.25, -0.2) is 15.0 Å². The molecule has 4 rings (SSSR count). The topological polar surface area (TPSA) is 116 Å². The fourth-order valence-corrected chi connectivity index (χ4v) is 4.13. The molecule has 0 saturated heterocycles. The molecule has 2 aliphatic rings. The van der Waals surface area contributed by atoms with Crippen LogP contribution >= 0.6 is 66.7 Å². The van der Waals surface area contributed by atoms with Crippen LogP contribution in [0.15, 0.2) is 21.3 Å². The predicted octanol–water partition coefficient (Wildman–Crippen LogP) is 7.25. The van der Waals surface area contributed by atoms with E-state index in [0.29, 0.717) is 28.3 Å². The number of carbonyl (C=O) groups excluding carboxylic acids is 1. The number of nitrogens with zero attached hydrogens (tertiary/aromatic N) is 4. The van der Waals surface area contributed by atoms with E-state index >= 15 is 0 Å². The van der Waals surface area contributed by atoms with Crippen LogP contribution in [-0.2, 0) is 9.53 Å². The number of hydrogen-bond donors (Lipinski definition) is 2. The molecule has 0 atom stereocenters. The van der Waals surface area contributed by atoms with Gasteiger partial charge in [0.2, 0.25) is 10.6 Å². The molecule has 0 amide bonds. The Kier molecular flexibility index (Phi) is 17.0. The van der Waals surface area contributed by atoms with Crippen molar-refractivity contribution < 1.29 is 9.53 Å². The monoisotopic (exact) mass is 674 g/mol. The minimum atomic E-state index is -0.211. The summed E-state index contributed by atoms with van der Waals surface area (Å²) in [4.78, 5) is 25.1. The molecule has 0 aromatic carbocycles. The molecule has 0 bridgehead atoms. The maximum absolute atomic E-state index is 9.82. The van der Waals surface area contributed by atoms with Crippen LogP contribution in [0.4, 0.5) is 5.82 Å². The summed E-state index contributed by atoms with van der Waals surface area (Å²) in [6.45, 7) is 3.65. The molecule has 3 N–H and O–H groups in total. The minimum absolute atomic E-state index is 0.156. The van der Waals surface area contributed by atoms with Gasteiger partial charge in [0, 0.05) is 31.4 Å². The Bertz CT molecular complexity index is 901. The normalized spacial score (nSPS) is 15.1. The third-order valence-corrected chi connectivity index (χ3v) is 6.87. The van der Waals surface area contributed by atoms with E-state index in [-0.39, 0.29) is 16.5 Å². The molecule has 2 aromatic heterocycles. The molecule has 0 spiro atoms. The zero-order chi connectivity index (χ0) is 26.2. The fraction of sp³-hybridized carbons (Fsp3) is 0.591. The fourth-order valence-electron chi connectivity index (χ4n) is 3.20. The van der Waals surface area contributed by atoms with Gasteiger partial charge < -0.3 is 15.8 Å². The Morgan fingerprint density at radius 1 is 1.00 bits per heavy atom. The Morgan fingerprint density at radius 2 is 1.51 bits per heavy atom. The van der Waals surface area contributed by atoms with E-state index < -0.39 is 0 Å². The van der Waals surface area contributed by atoms with Gasteiger partial charge in [-0.05, 0) is 87.7 Å². The molecular weight excluding hydrogens is 646 g/mol. The van der Waals surface area contributed by atoms with Gasteiger partial charge in [-0.15, -0.1) is 0 Å². The molecule has 0 aliphatic heterocycles. The zero-order valence-electron chi connectivity index (χ0n) is 19.7. The van der Waals surface area contributed by atoms with Crippen LogP contribution in [0.5, 0.6) is 0 Å². The standard InChI is InChI=1S/C9H11BrClN3.C5H11N.C4HBrCl2N2.C4H8O2/c10-7-5-12-9(11)14-8(7)13-6-3-1-2-4-6;6-5-3-1-2-4-5;5-2-1-8-4(7)9-3(2)6;1-3-6-4(2)5/h5-6H,1-4H2,(H,12,13,14);5H,1-4,6H2;1H;3H2,1-2H3. The molecular formula is C22H31Br2Cl3N6O2. The highest BCUT2D eigenvalue weighted by Crippen LogP contribution is 2.26. The van der Waals surface area contributed by atoms with E-state index in [1.165, 1.54) is 64.5 Å². The van der Waals surface area contributed by atoms with Crippen molar-refractivity contribution in [3.8, 4) is 0 Å². The lowest BCUT2D eigenvalue weighted by Crippen LogP contribution is -2.16. The summed E-state index contributed by atoms with van der Waals surface area (Å²) in [6, 6.07) is 1.09. The lowest BCUT2D eigenvalue weighted by atomic mass is 10.2. The molecule has 13 heteroatoms. The van der Waals surface area contributed by atoms with Gasteiger partial charge in [0.25, 0.3) is 0 Å². The highest BCUT2D eigenvalue weighted by atomic mass is 79.9. The zero-order valence-corrected chi connectivity index (χ0v) is 25.2. The summed E-state index contributed by atoms with van der Waals surface area (Å²) in [5, 5.41) is 4.14. The third-order valence-electron chi connectivity index (χ3n) is 4.83. The van der Waals surface area contributed by atoms with Crippen LogP contribution in [0.25, 0.3) is 0 Å². The first-order valence-electron chi connectivity index (χ1n) is 11.3. The third kappa shape index (κ3) is 15.2. The van der Waals surface area contributed by atoms with E-state index in [0.717, 1.165) is 10.3 Å². The summed E-state index contributed by atoms with van der Waals surface area (Å²) in [5.74, 6) is 0.592. The van der Waals surface area contributed by atoms with Gasteiger partial charge in [0.15, 0.2) is 0 Å². The van der Waals surface area contributed by atoms with E-state index in [9.17, 15) is 4.79 Å². The summed E-state index contributed by atoms with van der Waals surface area (Å²) in [7, 11) is 0. The van der Waals surface area contributed by atoms with Crippen molar-refractivity contribution in [2.75, 3.05) is 11.9 Å². The highest BCUT2D eigenvalue weighted by Gasteiger charge is 2.16. The SMILES string of the molecule is CCOC(C)=O.Clc1ncc(Br)c(Cl)n1.Clc1ncc(Br)c(NC2CCCC2)n1.NC1CCCC1. The van der Waals surface area contributed by atoms with E-state index in [2.05, 4.69) is 61.8 Å². The lowest BCUT2D eigenvalue weighted by molar-refractivity contribution is -0.140. The second kappa shape index (κ2) is 18.5. The van der Waals surface area contributed by atoms with Crippen LogP contribution in [0, 0.1) is 0 Å². The van der Waals surface area contributed by atoms with Crippen molar-refractivity contribution in [3.05, 3.63) is 37.1 Å². The largest absolute Gasteiger partial charge is 0.466 e. The van der Waals surface area contributed by atoms with E-state index in [4.69, 9.17) is 40.5 Å². The van der Waals surface area contributed by atoms with Gasteiger partial charge in [0.05, 0.1) is 15.6 Å². The number of aromatic nitrogens is 4. The maximum atomic E-state index is 9.82. The molecule has 2 aliphatic carbocycles.